The molecule has 0 aliphatic carbocycles. The van der Waals surface area contributed by atoms with E-state index in [1.165, 1.54) is 6.07 Å². The quantitative estimate of drug-likeness (QED) is 0.794. The smallest absolute Gasteiger partial charge is 0.241 e. The summed E-state index contributed by atoms with van der Waals surface area (Å²) in [5.74, 6) is 0.610. The summed E-state index contributed by atoms with van der Waals surface area (Å²) in [7, 11) is 0. The van der Waals surface area contributed by atoms with Crippen molar-refractivity contribution < 1.29 is 13.9 Å². The third kappa shape index (κ3) is 5.30. The molecule has 1 aliphatic rings. The fraction of sp³-hybridized carbons (Fsp3) is 0.409. The lowest BCUT2D eigenvalue weighted by Gasteiger charge is -2.37. The molecule has 3 rings (SSSR count). The normalized spacial score (nSPS) is 16.5. The van der Waals surface area contributed by atoms with E-state index in [9.17, 15) is 9.18 Å². The number of halogens is 1. The van der Waals surface area contributed by atoms with Crippen LogP contribution in [0.5, 0.6) is 5.75 Å². The van der Waals surface area contributed by atoms with E-state index >= 15 is 0 Å². The van der Waals surface area contributed by atoms with E-state index in [1.54, 1.807) is 6.07 Å². The van der Waals surface area contributed by atoms with Crippen molar-refractivity contribution in [3.05, 3.63) is 59.9 Å². The van der Waals surface area contributed by atoms with Gasteiger partial charge in [0.05, 0.1) is 12.6 Å². The van der Waals surface area contributed by atoms with Gasteiger partial charge >= 0.3 is 0 Å². The molecule has 0 bridgehead atoms. The van der Waals surface area contributed by atoms with Crippen molar-refractivity contribution in [2.24, 2.45) is 0 Å². The number of benzene rings is 2. The topological polar surface area (TPSA) is 44.8 Å². The molecular formula is C22H28FN3O2. The fourth-order valence-electron chi connectivity index (χ4n) is 3.39. The van der Waals surface area contributed by atoms with Crippen LogP contribution in [-0.4, -0.2) is 54.5 Å². The predicted octanol–water partition coefficient (Wildman–Crippen LogP) is 3.37. The van der Waals surface area contributed by atoms with Gasteiger partial charge in [-0.2, -0.15) is 0 Å². The predicted molar refractivity (Wildman–Crippen MR) is 109 cm³/mol. The van der Waals surface area contributed by atoms with Crippen LogP contribution >= 0.6 is 0 Å². The molecule has 0 spiro atoms. The van der Waals surface area contributed by atoms with Gasteiger partial charge in [0, 0.05) is 44.0 Å². The Morgan fingerprint density at radius 3 is 2.43 bits per heavy atom. The van der Waals surface area contributed by atoms with Crippen LogP contribution in [0.25, 0.3) is 0 Å². The highest BCUT2D eigenvalue weighted by Crippen LogP contribution is 2.17. The number of anilines is 1. The number of rotatable bonds is 7. The number of carbonyl (C=O) groups is 1. The molecule has 1 aliphatic heterocycles. The highest BCUT2D eigenvalue weighted by Gasteiger charge is 2.26. The first-order valence-electron chi connectivity index (χ1n) is 9.80. The van der Waals surface area contributed by atoms with Gasteiger partial charge in [-0.05, 0) is 44.2 Å². The first kappa shape index (κ1) is 20.3. The maximum Gasteiger partial charge on any atom is 0.241 e. The molecule has 0 saturated carbocycles. The van der Waals surface area contributed by atoms with Gasteiger partial charge in [0.15, 0.2) is 0 Å². The van der Waals surface area contributed by atoms with E-state index < -0.39 is 0 Å². The number of ether oxygens (including phenoxy) is 1. The molecule has 1 unspecified atom stereocenters. The fourth-order valence-corrected chi connectivity index (χ4v) is 3.39. The molecule has 2 aromatic rings. The van der Waals surface area contributed by atoms with Crippen LogP contribution in [0, 0.1) is 5.82 Å². The molecule has 1 fully saturated rings. The molecule has 1 amide bonds. The van der Waals surface area contributed by atoms with E-state index in [-0.39, 0.29) is 17.8 Å². The van der Waals surface area contributed by atoms with Gasteiger partial charge in [-0.25, -0.2) is 4.39 Å². The molecule has 2 aromatic carbocycles. The summed E-state index contributed by atoms with van der Waals surface area (Å²) >= 11 is 0. The van der Waals surface area contributed by atoms with Crippen LogP contribution in [0.15, 0.2) is 48.5 Å². The van der Waals surface area contributed by atoms with Crippen LogP contribution in [0.4, 0.5) is 10.1 Å². The van der Waals surface area contributed by atoms with Gasteiger partial charge in [0.2, 0.25) is 5.91 Å². The van der Waals surface area contributed by atoms with Crippen molar-refractivity contribution in [2.45, 2.75) is 26.4 Å². The number of piperazine rings is 1. The molecule has 28 heavy (non-hydrogen) atoms. The zero-order chi connectivity index (χ0) is 19.9. The van der Waals surface area contributed by atoms with Gasteiger partial charge in [0.25, 0.3) is 0 Å². The summed E-state index contributed by atoms with van der Waals surface area (Å²) < 4.78 is 19.3. The molecule has 1 heterocycles. The van der Waals surface area contributed by atoms with E-state index in [0.717, 1.165) is 43.2 Å². The van der Waals surface area contributed by atoms with E-state index in [1.807, 2.05) is 50.2 Å². The second kappa shape index (κ2) is 9.66. The molecule has 6 heteroatoms. The van der Waals surface area contributed by atoms with Crippen LogP contribution in [0.2, 0.25) is 0 Å². The Balaban J connectivity index is 1.48. The van der Waals surface area contributed by atoms with Crippen molar-refractivity contribution >= 4 is 11.6 Å². The third-order valence-corrected chi connectivity index (χ3v) is 5.12. The Bertz CT molecular complexity index is 774. The monoisotopic (exact) mass is 385 g/mol. The average molecular weight is 385 g/mol. The molecule has 5 nitrogen and oxygen atoms in total. The minimum Gasteiger partial charge on any atom is -0.494 e. The number of hydrogen-bond acceptors (Lipinski definition) is 4. The molecule has 0 radical (unpaired) electrons. The summed E-state index contributed by atoms with van der Waals surface area (Å²) in [6, 6.07) is 14.1. The Kier molecular flexibility index (Phi) is 7.01. The second-order valence-corrected chi connectivity index (χ2v) is 7.03. The lowest BCUT2D eigenvalue weighted by molar-refractivity contribution is -0.121. The van der Waals surface area contributed by atoms with Crippen molar-refractivity contribution in [2.75, 3.05) is 38.1 Å². The lowest BCUT2D eigenvalue weighted by Crippen LogP contribution is -2.52. The summed E-state index contributed by atoms with van der Waals surface area (Å²) in [5.41, 5.74) is 1.48. The Hall–Kier alpha value is -2.44. The molecule has 0 aromatic heterocycles. The molecule has 150 valence electrons. The Morgan fingerprint density at radius 2 is 1.79 bits per heavy atom. The number of amides is 1. The summed E-state index contributed by atoms with van der Waals surface area (Å²) in [4.78, 5) is 17.0. The number of carbonyl (C=O) groups excluding carboxylic acids is 1. The van der Waals surface area contributed by atoms with Gasteiger partial charge < -0.3 is 10.1 Å². The van der Waals surface area contributed by atoms with E-state index in [4.69, 9.17) is 4.74 Å². The molecule has 1 saturated heterocycles. The molecular weight excluding hydrogens is 357 g/mol. The second-order valence-electron chi connectivity index (χ2n) is 7.03. The zero-order valence-corrected chi connectivity index (χ0v) is 16.5. The van der Waals surface area contributed by atoms with Crippen LogP contribution in [0.3, 0.4) is 0 Å². The van der Waals surface area contributed by atoms with E-state index in [2.05, 4.69) is 15.1 Å². The summed E-state index contributed by atoms with van der Waals surface area (Å²) in [6.45, 7) is 8.28. The van der Waals surface area contributed by atoms with Crippen molar-refractivity contribution in [3.8, 4) is 5.75 Å². The van der Waals surface area contributed by atoms with Gasteiger partial charge in [-0.15, -0.1) is 0 Å². The van der Waals surface area contributed by atoms with Gasteiger partial charge in [-0.1, -0.05) is 18.2 Å². The highest BCUT2D eigenvalue weighted by atomic mass is 19.1. The van der Waals surface area contributed by atoms with Gasteiger partial charge in [-0.3, -0.25) is 14.6 Å². The molecule has 1 atom stereocenters. The number of hydrogen-bond donors (Lipinski definition) is 1. The van der Waals surface area contributed by atoms with Crippen LogP contribution in [-0.2, 0) is 11.3 Å². The Morgan fingerprint density at radius 1 is 1.11 bits per heavy atom. The maximum atomic E-state index is 13.8. The van der Waals surface area contributed by atoms with Crippen LogP contribution in [0.1, 0.15) is 19.4 Å². The van der Waals surface area contributed by atoms with Crippen molar-refractivity contribution in [1.82, 2.24) is 9.80 Å². The minimum atomic E-state index is -0.220. The summed E-state index contributed by atoms with van der Waals surface area (Å²) in [5, 5.41) is 2.97. The van der Waals surface area contributed by atoms with E-state index in [0.29, 0.717) is 13.2 Å². The standard InChI is InChI=1S/C22H28FN3O2/c1-3-28-20-10-8-19(9-11-20)24-22(27)17(2)26-14-12-25(13-15-26)16-18-6-4-5-7-21(18)23/h4-11,17H,3,12-16H2,1-2H3,(H,24,27). The highest BCUT2D eigenvalue weighted by molar-refractivity contribution is 5.94. The van der Waals surface area contributed by atoms with Crippen molar-refractivity contribution in [3.63, 3.8) is 0 Å². The zero-order valence-electron chi connectivity index (χ0n) is 16.5. The Labute approximate surface area is 166 Å². The molecule has 1 N–H and O–H groups in total. The first-order valence-corrected chi connectivity index (χ1v) is 9.80. The van der Waals surface area contributed by atoms with Crippen LogP contribution < -0.4 is 10.1 Å². The summed E-state index contributed by atoms with van der Waals surface area (Å²) in [6.07, 6.45) is 0. The minimum absolute atomic E-state index is 0.0216. The average Bonchev–Trinajstić information content (AvgIpc) is 2.71. The number of nitrogens with one attached hydrogen (secondary N) is 1. The van der Waals surface area contributed by atoms with Gasteiger partial charge in [0.1, 0.15) is 11.6 Å². The largest absolute Gasteiger partial charge is 0.494 e. The first-order chi connectivity index (χ1) is 13.6. The van der Waals surface area contributed by atoms with Crippen molar-refractivity contribution in [1.29, 1.82) is 0 Å². The maximum absolute atomic E-state index is 13.8. The number of nitrogens with zero attached hydrogens (tertiary/aromatic N) is 2. The third-order valence-electron chi connectivity index (χ3n) is 5.12. The lowest BCUT2D eigenvalue weighted by atomic mass is 10.1. The SMILES string of the molecule is CCOc1ccc(NC(=O)C(C)N2CCN(Cc3ccccc3F)CC2)cc1.